The number of nitrogens with zero attached hydrogens (tertiary/aromatic N) is 1. The molecular weight excluding hydrogens is 178 g/mol. The van der Waals surface area contributed by atoms with Gasteiger partial charge in [-0.1, -0.05) is 19.3 Å². The van der Waals surface area contributed by atoms with Crippen LogP contribution < -0.4 is 11.1 Å². The van der Waals surface area contributed by atoms with Gasteiger partial charge in [0.2, 0.25) is 0 Å². The van der Waals surface area contributed by atoms with Crippen molar-refractivity contribution in [1.29, 1.82) is 0 Å². The van der Waals surface area contributed by atoms with E-state index in [0.717, 1.165) is 25.9 Å². The van der Waals surface area contributed by atoms with Crippen molar-refractivity contribution in [3.8, 4) is 0 Å². The molecule has 1 fully saturated rings. The Morgan fingerprint density at radius 1 is 1.14 bits per heavy atom. The molecule has 0 spiro atoms. The largest absolute Gasteiger partial charge is 0.337 e. The van der Waals surface area contributed by atoms with E-state index in [1.165, 1.54) is 19.3 Å². The van der Waals surface area contributed by atoms with E-state index in [4.69, 9.17) is 5.73 Å². The zero-order chi connectivity index (χ0) is 10.2. The van der Waals surface area contributed by atoms with Crippen molar-refractivity contribution in [1.82, 2.24) is 10.2 Å². The molecule has 0 radical (unpaired) electrons. The number of nitrogens with two attached hydrogens (primary N) is 1. The van der Waals surface area contributed by atoms with E-state index >= 15 is 0 Å². The number of nitrogens with one attached hydrogen (secondary N) is 1. The normalized spacial score (nSPS) is 18.5. The first-order valence-electron chi connectivity index (χ1n) is 5.57. The second-order valence-electron chi connectivity index (χ2n) is 3.78. The van der Waals surface area contributed by atoms with Crippen LogP contribution in [0, 0.1) is 0 Å². The number of amides is 2. The molecule has 0 aromatic rings. The Labute approximate surface area is 85.8 Å². The summed E-state index contributed by atoms with van der Waals surface area (Å²) in [6.07, 6.45) is 6.09. The van der Waals surface area contributed by atoms with Gasteiger partial charge >= 0.3 is 6.03 Å². The van der Waals surface area contributed by atoms with Crippen LogP contribution in [-0.2, 0) is 0 Å². The Bertz CT molecular complexity index is 165. The van der Waals surface area contributed by atoms with Crippen LogP contribution in [-0.4, -0.2) is 37.1 Å². The van der Waals surface area contributed by atoms with E-state index in [2.05, 4.69) is 5.32 Å². The fraction of sp³-hybridized carbons (Fsp3) is 0.900. The van der Waals surface area contributed by atoms with E-state index in [1.807, 2.05) is 4.90 Å². The average molecular weight is 199 g/mol. The third-order valence-corrected chi connectivity index (χ3v) is 2.56. The predicted molar refractivity (Wildman–Crippen MR) is 57.1 cm³/mol. The van der Waals surface area contributed by atoms with Gasteiger partial charge in [-0.25, -0.2) is 4.79 Å². The molecule has 0 saturated carbocycles. The third-order valence-electron chi connectivity index (χ3n) is 2.56. The summed E-state index contributed by atoms with van der Waals surface area (Å²) in [5.41, 5.74) is 5.33. The predicted octanol–water partition coefficient (Wildman–Crippen LogP) is 0.921. The van der Waals surface area contributed by atoms with E-state index in [9.17, 15) is 4.79 Å². The first kappa shape index (κ1) is 11.3. The highest BCUT2D eigenvalue weighted by atomic mass is 16.2. The third kappa shape index (κ3) is 3.96. The molecule has 1 heterocycles. The Balaban J connectivity index is 2.27. The summed E-state index contributed by atoms with van der Waals surface area (Å²) in [4.78, 5) is 13.5. The van der Waals surface area contributed by atoms with Crippen molar-refractivity contribution in [2.24, 2.45) is 5.73 Å². The lowest BCUT2D eigenvalue weighted by Gasteiger charge is -2.24. The molecule has 4 nitrogen and oxygen atoms in total. The van der Waals surface area contributed by atoms with Crippen LogP contribution in [0.2, 0.25) is 0 Å². The standard InChI is InChI=1S/C10H21N3O/c11-6-7-12-10(14)13-8-4-2-1-3-5-9-13/h1-9,11H2,(H,12,14). The van der Waals surface area contributed by atoms with Crippen molar-refractivity contribution in [3.63, 3.8) is 0 Å². The second kappa shape index (κ2) is 6.65. The van der Waals surface area contributed by atoms with Crippen molar-refractivity contribution in [3.05, 3.63) is 0 Å². The highest BCUT2D eigenvalue weighted by Crippen LogP contribution is 2.10. The molecule has 2 amide bonds. The molecule has 1 saturated heterocycles. The second-order valence-corrected chi connectivity index (χ2v) is 3.78. The molecule has 3 N–H and O–H groups in total. The first-order chi connectivity index (χ1) is 6.84. The summed E-state index contributed by atoms with van der Waals surface area (Å²) in [7, 11) is 0. The van der Waals surface area contributed by atoms with Crippen LogP contribution in [0.1, 0.15) is 32.1 Å². The summed E-state index contributed by atoms with van der Waals surface area (Å²) in [5, 5.41) is 2.81. The Morgan fingerprint density at radius 3 is 2.29 bits per heavy atom. The van der Waals surface area contributed by atoms with E-state index in [1.54, 1.807) is 0 Å². The summed E-state index contributed by atoms with van der Waals surface area (Å²) in [6, 6.07) is 0.0531. The maximum Gasteiger partial charge on any atom is 0.317 e. The van der Waals surface area contributed by atoms with Crippen molar-refractivity contribution < 1.29 is 4.79 Å². The quantitative estimate of drug-likeness (QED) is 0.695. The van der Waals surface area contributed by atoms with Gasteiger partial charge in [-0.2, -0.15) is 0 Å². The van der Waals surface area contributed by atoms with Crippen LogP contribution >= 0.6 is 0 Å². The molecule has 14 heavy (non-hydrogen) atoms. The lowest BCUT2D eigenvalue weighted by Crippen LogP contribution is -2.43. The number of urea groups is 1. The molecule has 0 atom stereocenters. The van der Waals surface area contributed by atoms with Gasteiger partial charge in [-0.3, -0.25) is 0 Å². The molecule has 1 aliphatic rings. The molecule has 0 aromatic heterocycles. The molecule has 0 aromatic carbocycles. The Kier molecular flexibility index (Phi) is 5.37. The summed E-state index contributed by atoms with van der Waals surface area (Å²) in [6.45, 7) is 2.89. The molecule has 1 aliphatic heterocycles. The minimum atomic E-state index is 0.0531. The van der Waals surface area contributed by atoms with Crippen LogP contribution in [0.15, 0.2) is 0 Å². The van der Waals surface area contributed by atoms with Crippen LogP contribution in [0.25, 0.3) is 0 Å². The highest BCUT2D eigenvalue weighted by molar-refractivity contribution is 5.74. The Hall–Kier alpha value is -0.770. The summed E-state index contributed by atoms with van der Waals surface area (Å²) >= 11 is 0. The highest BCUT2D eigenvalue weighted by Gasteiger charge is 2.13. The number of carbonyl (C=O) groups is 1. The van der Waals surface area contributed by atoms with Gasteiger partial charge < -0.3 is 16.0 Å². The topological polar surface area (TPSA) is 58.4 Å². The minimum absolute atomic E-state index is 0.0531. The zero-order valence-corrected chi connectivity index (χ0v) is 8.80. The van der Waals surface area contributed by atoms with Crippen LogP contribution in [0.4, 0.5) is 4.79 Å². The lowest BCUT2D eigenvalue weighted by molar-refractivity contribution is 0.192. The zero-order valence-electron chi connectivity index (χ0n) is 8.80. The van der Waals surface area contributed by atoms with Gasteiger partial charge in [0.25, 0.3) is 0 Å². The van der Waals surface area contributed by atoms with Crippen LogP contribution in [0.5, 0.6) is 0 Å². The van der Waals surface area contributed by atoms with Crippen molar-refractivity contribution in [2.75, 3.05) is 26.2 Å². The SMILES string of the molecule is NCCNC(=O)N1CCCCCCC1. The smallest absolute Gasteiger partial charge is 0.317 e. The van der Waals surface area contributed by atoms with Crippen molar-refractivity contribution in [2.45, 2.75) is 32.1 Å². The van der Waals surface area contributed by atoms with Gasteiger partial charge in [-0.15, -0.1) is 0 Å². The number of likely N-dealkylation sites (tertiary alicyclic amines) is 1. The van der Waals surface area contributed by atoms with E-state index in [0.29, 0.717) is 13.1 Å². The first-order valence-corrected chi connectivity index (χ1v) is 5.57. The van der Waals surface area contributed by atoms with Gasteiger partial charge in [0, 0.05) is 26.2 Å². The van der Waals surface area contributed by atoms with Gasteiger partial charge in [0.05, 0.1) is 0 Å². The maximum absolute atomic E-state index is 11.6. The molecule has 0 unspecified atom stereocenters. The van der Waals surface area contributed by atoms with Gasteiger partial charge in [0.1, 0.15) is 0 Å². The van der Waals surface area contributed by atoms with E-state index in [-0.39, 0.29) is 6.03 Å². The lowest BCUT2D eigenvalue weighted by atomic mass is 10.1. The summed E-state index contributed by atoms with van der Waals surface area (Å²) in [5.74, 6) is 0. The number of rotatable bonds is 2. The van der Waals surface area contributed by atoms with E-state index < -0.39 is 0 Å². The Morgan fingerprint density at radius 2 is 1.71 bits per heavy atom. The molecule has 4 heteroatoms. The molecule has 0 aliphatic carbocycles. The average Bonchev–Trinajstić information content (AvgIpc) is 2.13. The van der Waals surface area contributed by atoms with Gasteiger partial charge in [-0.05, 0) is 12.8 Å². The number of hydrogen-bond acceptors (Lipinski definition) is 2. The van der Waals surface area contributed by atoms with Gasteiger partial charge in [0.15, 0.2) is 0 Å². The summed E-state index contributed by atoms with van der Waals surface area (Å²) < 4.78 is 0. The monoisotopic (exact) mass is 199 g/mol. The number of hydrogen-bond donors (Lipinski definition) is 2. The number of carbonyl (C=O) groups excluding carboxylic acids is 1. The molecular formula is C10H21N3O. The van der Waals surface area contributed by atoms with Crippen molar-refractivity contribution >= 4 is 6.03 Å². The van der Waals surface area contributed by atoms with Crippen LogP contribution in [0.3, 0.4) is 0 Å². The molecule has 1 rings (SSSR count). The maximum atomic E-state index is 11.6. The molecule has 82 valence electrons. The molecule has 0 bridgehead atoms. The fourth-order valence-electron chi connectivity index (χ4n) is 1.74. The fourth-order valence-corrected chi connectivity index (χ4v) is 1.74. The minimum Gasteiger partial charge on any atom is -0.337 e.